The summed E-state index contributed by atoms with van der Waals surface area (Å²) >= 11 is 0. The van der Waals surface area contributed by atoms with E-state index < -0.39 is 0 Å². The molecule has 19 heavy (non-hydrogen) atoms. The second kappa shape index (κ2) is 10.7. The summed E-state index contributed by atoms with van der Waals surface area (Å²) in [7, 11) is 0. The van der Waals surface area contributed by atoms with Crippen LogP contribution in [0, 0.1) is 11.8 Å². The Kier molecular flexibility index (Phi) is 9.54. The van der Waals surface area contributed by atoms with Crippen LogP contribution in [0.25, 0.3) is 0 Å². The van der Waals surface area contributed by atoms with E-state index in [1.165, 1.54) is 77.7 Å². The van der Waals surface area contributed by atoms with E-state index in [2.05, 4.69) is 31.0 Å². The number of nitrogens with one attached hydrogen (secondary N) is 1. The summed E-state index contributed by atoms with van der Waals surface area (Å²) in [6, 6.07) is 0. The van der Waals surface area contributed by atoms with E-state index in [4.69, 9.17) is 0 Å². The van der Waals surface area contributed by atoms with E-state index in [1.807, 2.05) is 0 Å². The molecule has 1 aliphatic heterocycles. The Morgan fingerprint density at radius 3 is 2.74 bits per heavy atom. The molecule has 0 saturated carbocycles. The van der Waals surface area contributed by atoms with Gasteiger partial charge in [-0.25, -0.2) is 0 Å². The minimum absolute atomic E-state index is 0.850. The number of nitrogens with zero attached hydrogens (tertiary/aromatic N) is 1. The Morgan fingerprint density at radius 2 is 2.00 bits per heavy atom. The maximum absolute atomic E-state index is 3.60. The topological polar surface area (TPSA) is 15.3 Å². The Morgan fingerprint density at radius 1 is 1.16 bits per heavy atom. The Bertz CT molecular complexity index is 203. The second-order valence-electron chi connectivity index (χ2n) is 6.71. The van der Waals surface area contributed by atoms with Crippen molar-refractivity contribution in [2.24, 2.45) is 11.8 Å². The molecule has 0 aromatic carbocycles. The highest BCUT2D eigenvalue weighted by Crippen LogP contribution is 2.21. The van der Waals surface area contributed by atoms with Crippen molar-refractivity contribution < 1.29 is 0 Å². The van der Waals surface area contributed by atoms with Crippen molar-refractivity contribution in [3.8, 4) is 0 Å². The quantitative estimate of drug-likeness (QED) is 0.638. The summed E-state index contributed by atoms with van der Waals surface area (Å²) in [5.41, 5.74) is 0. The van der Waals surface area contributed by atoms with Crippen molar-refractivity contribution in [1.82, 2.24) is 10.2 Å². The van der Waals surface area contributed by atoms with Crippen molar-refractivity contribution in [3.05, 3.63) is 0 Å². The third kappa shape index (κ3) is 8.65. The summed E-state index contributed by atoms with van der Waals surface area (Å²) in [4.78, 5) is 2.67. The first-order valence-corrected chi connectivity index (χ1v) is 8.65. The highest BCUT2D eigenvalue weighted by atomic mass is 15.1. The molecule has 1 rings (SSSR count). The molecular formula is C17H36N2. The van der Waals surface area contributed by atoms with Crippen molar-refractivity contribution >= 4 is 0 Å². The first-order valence-electron chi connectivity index (χ1n) is 8.65. The van der Waals surface area contributed by atoms with E-state index in [0.717, 1.165) is 11.8 Å². The van der Waals surface area contributed by atoms with Gasteiger partial charge in [0.25, 0.3) is 0 Å². The lowest BCUT2D eigenvalue weighted by Gasteiger charge is -2.20. The summed E-state index contributed by atoms with van der Waals surface area (Å²) in [5, 5.41) is 3.60. The lowest BCUT2D eigenvalue weighted by atomic mass is 9.96. The van der Waals surface area contributed by atoms with Gasteiger partial charge in [-0.2, -0.15) is 0 Å². The van der Waals surface area contributed by atoms with Gasteiger partial charge in [-0.1, -0.05) is 33.6 Å². The lowest BCUT2D eigenvalue weighted by Crippen LogP contribution is -2.33. The van der Waals surface area contributed by atoms with E-state index in [9.17, 15) is 0 Å². The molecule has 0 radical (unpaired) electrons. The van der Waals surface area contributed by atoms with Crippen LogP contribution in [0.3, 0.4) is 0 Å². The Labute approximate surface area is 121 Å². The largest absolute Gasteiger partial charge is 0.315 e. The van der Waals surface area contributed by atoms with Crippen molar-refractivity contribution in [3.63, 3.8) is 0 Å². The summed E-state index contributed by atoms with van der Waals surface area (Å²) in [6.07, 6.45) is 9.81. The van der Waals surface area contributed by atoms with Gasteiger partial charge in [-0.05, 0) is 63.6 Å². The highest BCUT2D eigenvalue weighted by molar-refractivity contribution is 4.70. The van der Waals surface area contributed by atoms with Crippen LogP contribution in [0.2, 0.25) is 0 Å². The smallest absolute Gasteiger partial charge is 0.0107 e. The van der Waals surface area contributed by atoms with Gasteiger partial charge < -0.3 is 10.2 Å². The number of likely N-dealkylation sites (tertiary alicyclic amines) is 1. The molecule has 2 heteroatoms. The number of hydrogen-bond donors (Lipinski definition) is 1. The molecule has 1 fully saturated rings. The summed E-state index contributed by atoms with van der Waals surface area (Å²) in [6.45, 7) is 13.2. The summed E-state index contributed by atoms with van der Waals surface area (Å²) in [5.74, 6) is 1.86. The zero-order valence-electron chi connectivity index (χ0n) is 13.6. The van der Waals surface area contributed by atoms with Gasteiger partial charge in [0.15, 0.2) is 0 Å². The first-order chi connectivity index (χ1) is 9.22. The number of rotatable bonds is 9. The van der Waals surface area contributed by atoms with Gasteiger partial charge in [-0.3, -0.25) is 0 Å². The third-order valence-corrected chi connectivity index (χ3v) is 4.38. The maximum Gasteiger partial charge on any atom is 0.0107 e. The van der Waals surface area contributed by atoms with Gasteiger partial charge in [0.2, 0.25) is 0 Å². The molecule has 0 bridgehead atoms. The molecule has 1 aliphatic rings. The van der Waals surface area contributed by atoms with Gasteiger partial charge in [-0.15, -0.1) is 0 Å². The zero-order valence-corrected chi connectivity index (χ0v) is 13.6. The molecule has 0 amide bonds. The molecule has 1 atom stereocenters. The fourth-order valence-electron chi connectivity index (χ4n) is 3.14. The molecule has 1 N–H and O–H groups in total. The zero-order chi connectivity index (χ0) is 13.9. The molecule has 0 aromatic rings. The monoisotopic (exact) mass is 268 g/mol. The SMILES string of the molecule is CCCC1CCCN(CCNCCCC(C)C)CC1. The molecule has 1 unspecified atom stereocenters. The Balaban J connectivity index is 2.00. The molecule has 0 aliphatic carbocycles. The van der Waals surface area contributed by atoms with Crippen LogP contribution in [0.1, 0.15) is 65.7 Å². The third-order valence-electron chi connectivity index (χ3n) is 4.38. The van der Waals surface area contributed by atoms with Crippen molar-refractivity contribution in [2.45, 2.75) is 65.7 Å². The van der Waals surface area contributed by atoms with E-state index in [-0.39, 0.29) is 0 Å². The molecule has 2 nitrogen and oxygen atoms in total. The molecule has 1 heterocycles. The van der Waals surface area contributed by atoms with Crippen molar-refractivity contribution in [1.29, 1.82) is 0 Å². The highest BCUT2D eigenvalue weighted by Gasteiger charge is 2.15. The lowest BCUT2D eigenvalue weighted by molar-refractivity contribution is 0.278. The molecule has 1 saturated heterocycles. The van der Waals surface area contributed by atoms with Gasteiger partial charge in [0.1, 0.15) is 0 Å². The van der Waals surface area contributed by atoms with Gasteiger partial charge in [0.05, 0.1) is 0 Å². The minimum atomic E-state index is 0.850. The molecule has 114 valence electrons. The van der Waals surface area contributed by atoms with E-state index >= 15 is 0 Å². The summed E-state index contributed by atoms with van der Waals surface area (Å²) < 4.78 is 0. The second-order valence-corrected chi connectivity index (χ2v) is 6.71. The number of hydrogen-bond acceptors (Lipinski definition) is 2. The average molecular weight is 268 g/mol. The van der Waals surface area contributed by atoms with Gasteiger partial charge >= 0.3 is 0 Å². The van der Waals surface area contributed by atoms with Crippen LogP contribution in [0.15, 0.2) is 0 Å². The normalized spacial score (nSPS) is 21.8. The molecule has 0 spiro atoms. The van der Waals surface area contributed by atoms with Crippen LogP contribution in [-0.4, -0.2) is 37.6 Å². The van der Waals surface area contributed by atoms with Crippen LogP contribution in [0.4, 0.5) is 0 Å². The first kappa shape index (κ1) is 17.0. The maximum atomic E-state index is 3.60. The van der Waals surface area contributed by atoms with Crippen molar-refractivity contribution in [2.75, 3.05) is 32.7 Å². The molecule has 0 aromatic heterocycles. The molecular weight excluding hydrogens is 232 g/mol. The predicted octanol–water partition coefficient (Wildman–Crippen LogP) is 3.91. The average Bonchev–Trinajstić information content (AvgIpc) is 2.59. The minimum Gasteiger partial charge on any atom is -0.315 e. The standard InChI is InChI=1S/C17H36N2/c1-4-7-17-9-6-13-19(14-10-17)15-12-18-11-5-8-16(2)3/h16-18H,4-15H2,1-3H3. The fourth-order valence-corrected chi connectivity index (χ4v) is 3.14. The van der Waals surface area contributed by atoms with Crippen LogP contribution in [-0.2, 0) is 0 Å². The fraction of sp³-hybridized carbons (Fsp3) is 1.00. The van der Waals surface area contributed by atoms with Crippen LogP contribution >= 0.6 is 0 Å². The van der Waals surface area contributed by atoms with Gasteiger partial charge in [0, 0.05) is 13.1 Å². The van der Waals surface area contributed by atoms with E-state index in [1.54, 1.807) is 0 Å². The van der Waals surface area contributed by atoms with Crippen LogP contribution in [0.5, 0.6) is 0 Å². The predicted molar refractivity (Wildman–Crippen MR) is 85.6 cm³/mol. The van der Waals surface area contributed by atoms with Crippen LogP contribution < -0.4 is 5.32 Å². The van der Waals surface area contributed by atoms with E-state index in [0.29, 0.717) is 0 Å². The Hall–Kier alpha value is -0.0800.